The summed E-state index contributed by atoms with van der Waals surface area (Å²) in [5, 5.41) is 17.7. The van der Waals surface area contributed by atoms with Crippen molar-refractivity contribution in [2.24, 2.45) is 11.8 Å². The zero-order valence-electron chi connectivity index (χ0n) is 8.26. The van der Waals surface area contributed by atoms with Crippen LogP contribution in [-0.2, 0) is 14.3 Å². The van der Waals surface area contributed by atoms with Gasteiger partial charge in [-0.1, -0.05) is 0 Å². The molecule has 2 rings (SSSR count). The number of carboxylic acid groups (broad SMARTS) is 2. The van der Waals surface area contributed by atoms with E-state index in [1.807, 2.05) is 0 Å². The van der Waals surface area contributed by atoms with Crippen LogP contribution in [0.5, 0.6) is 0 Å². The zero-order valence-corrected chi connectivity index (χ0v) is 8.26. The predicted octanol–water partition coefficient (Wildman–Crippen LogP) is 0.729. The molecule has 2 aliphatic rings. The number of rotatable bonds is 4. The molecule has 2 N–H and O–H groups in total. The molecule has 84 valence electrons. The predicted molar refractivity (Wildman–Crippen MR) is 49.4 cm³/mol. The molecule has 5 heteroatoms. The molecule has 0 aliphatic carbocycles. The van der Waals surface area contributed by atoms with Gasteiger partial charge in [-0.05, 0) is 19.3 Å². The Morgan fingerprint density at radius 2 is 2.07 bits per heavy atom. The summed E-state index contributed by atoms with van der Waals surface area (Å²) in [5.74, 6) is -2.97. The Morgan fingerprint density at radius 3 is 2.47 bits per heavy atom. The Labute approximate surface area is 87.0 Å². The molecular weight excluding hydrogens is 200 g/mol. The monoisotopic (exact) mass is 214 g/mol. The highest BCUT2D eigenvalue weighted by molar-refractivity contribution is 5.78. The van der Waals surface area contributed by atoms with E-state index in [4.69, 9.17) is 14.9 Å². The van der Waals surface area contributed by atoms with Crippen LogP contribution in [-0.4, -0.2) is 34.4 Å². The van der Waals surface area contributed by atoms with Gasteiger partial charge in [-0.25, -0.2) is 0 Å². The van der Waals surface area contributed by atoms with Crippen LogP contribution in [0.25, 0.3) is 0 Å². The van der Waals surface area contributed by atoms with E-state index in [0.29, 0.717) is 6.42 Å². The lowest BCUT2D eigenvalue weighted by molar-refractivity contribution is -0.151. The van der Waals surface area contributed by atoms with E-state index >= 15 is 0 Å². The van der Waals surface area contributed by atoms with Crippen LogP contribution in [0.3, 0.4) is 0 Å². The summed E-state index contributed by atoms with van der Waals surface area (Å²) < 4.78 is 5.54. The van der Waals surface area contributed by atoms with E-state index in [-0.39, 0.29) is 24.5 Å². The average Bonchev–Trinajstić information content (AvgIpc) is 2.73. The molecular formula is C10H14O5. The van der Waals surface area contributed by atoms with E-state index in [1.54, 1.807) is 0 Å². The SMILES string of the molecule is O=C(O)CC(C(=O)O)C1CC2CCC1O2. The van der Waals surface area contributed by atoms with Crippen molar-refractivity contribution in [1.29, 1.82) is 0 Å². The first kappa shape index (κ1) is 10.4. The Morgan fingerprint density at radius 1 is 1.33 bits per heavy atom. The standard InChI is InChI=1S/C10H14O5/c11-9(12)4-7(10(13)14)6-3-5-1-2-8(6)15-5/h5-8H,1-4H2,(H,11,12)(H,13,14). The van der Waals surface area contributed by atoms with Crippen LogP contribution in [0.1, 0.15) is 25.7 Å². The first-order chi connectivity index (χ1) is 7.08. The lowest BCUT2D eigenvalue weighted by Gasteiger charge is -2.23. The summed E-state index contributed by atoms with van der Waals surface area (Å²) in [5.41, 5.74) is 0. The Hall–Kier alpha value is -1.10. The smallest absolute Gasteiger partial charge is 0.307 e. The molecule has 2 bridgehead atoms. The molecule has 0 aromatic rings. The largest absolute Gasteiger partial charge is 0.481 e. The van der Waals surface area contributed by atoms with Gasteiger partial charge in [-0.2, -0.15) is 0 Å². The number of hydrogen-bond donors (Lipinski definition) is 2. The molecule has 4 unspecified atom stereocenters. The van der Waals surface area contributed by atoms with Crippen LogP contribution in [0, 0.1) is 11.8 Å². The first-order valence-electron chi connectivity index (χ1n) is 5.18. The van der Waals surface area contributed by atoms with Crippen LogP contribution in [0.15, 0.2) is 0 Å². The lowest BCUT2D eigenvalue weighted by atomic mass is 9.78. The molecule has 15 heavy (non-hydrogen) atoms. The number of fused-ring (bicyclic) bond motifs is 2. The first-order valence-corrected chi connectivity index (χ1v) is 5.18. The molecule has 0 radical (unpaired) electrons. The highest BCUT2D eigenvalue weighted by Crippen LogP contribution is 2.43. The maximum Gasteiger partial charge on any atom is 0.307 e. The summed E-state index contributed by atoms with van der Waals surface area (Å²) in [6.07, 6.45) is 2.40. The summed E-state index contributed by atoms with van der Waals surface area (Å²) in [6, 6.07) is 0. The molecule has 0 aromatic heterocycles. The van der Waals surface area contributed by atoms with E-state index in [0.717, 1.165) is 12.8 Å². The summed E-state index contributed by atoms with van der Waals surface area (Å²) in [4.78, 5) is 21.6. The second-order valence-corrected chi connectivity index (χ2v) is 4.32. The highest BCUT2D eigenvalue weighted by atomic mass is 16.5. The van der Waals surface area contributed by atoms with Gasteiger partial charge < -0.3 is 14.9 Å². The van der Waals surface area contributed by atoms with Gasteiger partial charge >= 0.3 is 11.9 Å². The maximum absolute atomic E-state index is 11.0. The quantitative estimate of drug-likeness (QED) is 0.720. The third kappa shape index (κ3) is 1.97. The number of aliphatic carboxylic acids is 2. The second-order valence-electron chi connectivity index (χ2n) is 4.32. The fraction of sp³-hybridized carbons (Fsp3) is 0.800. The van der Waals surface area contributed by atoms with Crippen molar-refractivity contribution in [3.05, 3.63) is 0 Å². The van der Waals surface area contributed by atoms with Gasteiger partial charge in [0.05, 0.1) is 24.5 Å². The van der Waals surface area contributed by atoms with E-state index in [1.165, 1.54) is 0 Å². The summed E-state index contributed by atoms with van der Waals surface area (Å²) in [6.45, 7) is 0. The molecule has 0 amide bonds. The van der Waals surface area contributed by atoms with Crippen LogP contribution in [0.4, 0.5) is 0 Å². The fourth-order valence-electron chi connectivity index (χ4n) is 2.71. The lowest BCUT2D eigenvalue weighted by Crippen LogP contribution is -2.32. The van der Waals surface area contributed by atoms with E-state index in [9.17, 15) is 9.59 Å². The van der Waals surface area contributed by atoms with Gasteiger partial charge in [0.1, 0.15) is 0 Å². The summed E-state index contributed by atoms with van der Waals surface area (Å²) in [7, 11) is 0. The Kier molecular flexibility index (Phi) is 2.65. The topological polar surface area (TPSA) is 83.8 Å². The molecule has 0 aromatic carbocycles. The number of carbonyl (C=O) groups is 2. The van der Waals surface area contributed by atoms with Crippen molar-refractivity contribution in [1.82, 2.24) is 0 Å². The number of carboxylic acids is 2. The molecule has 2 heterocycles. The molecule has 0 spiro atoms. The van der Waals surface area contributed by atoms with Gasteiger partial charge in [-0.15, -0.1) is 0 Å². The molecule has 0 saturated carbocycles. The highest BCUT2D eigenvalue weighted by Gasteiger charge is 2.47. The molecule has 2 saturated heterocycles. The molecule has 2 fully saturated rings. The van der Waals surface area contributed by atoms with Crippen LogP contribution in [0.2, 0.25) is 0 Å². The number of hydrogen-bond acceptors (Lipinski definition) is 3. The van der Waals surface area contributed by atoms with Crippen LogP contribution >= 0.6 is 0 Å². The van der Waals surface area contributed by atoms with Crippen molar-refractivity contribution < 1.29 is 24.5 Å². The minimum Gasteiger partial charge on any atom is -0.481 e. The maximum atomic E-state index is 11.0. The minimum absolute atomic E-state index is 0.0320. The Balaban J connectivity index is 2.05. The molecule has 2 aliphatic heterocycles. The summed E-state index contributed by atoms with van der Waals surface area (Å²) >= 11 is 0. The van der Waals surface area contributed by atoms with Gasteiger partial charge in [-0.3, -0.25) is 9.59 Å². The van der Waals surface area contributed by atoms with E-state index in [2.05, 4.69) is 0 Å². The van der Waals surface area contributed by atoms with Crippen molar-refractivity contribution in [2.45, 2.75) is 37.9 Å². The van der Waals surface area contributed by atoms with Crippen molar-refractivity contribution in [3.8, 4) is 0 Å². The molecule has 4 atom stereocenters. The Bertz CT molecular complexity index is 288. The second kappa shape index (κ2) is 3.81. The van der Waals surface area contributed by atoms with Gasteiger partial charge in [0.25, 0.3) is 0 Å². The van der Waals surface area contributed by atoms with Gasteiger partial charge in [0.2, 0.25) is 0 Å². The third-order valence-electron chi connectivity index (χ3n) is 3.38. The average molecular weight is 214 g/mol. The van der Waals surface area contributed by atoms with Crippen molar-refractivity contribution >= 4 is 11.9 Å². The normalized spacial score (nSPS) is 35.3. The van der Waals surface area contributed by atoms with Gasteiger partial charge in [0.15, 0.2) is 0 Å². The van der Waals surface area contributed by atoms with Crippen molar-refractivity contribution in [3.63, 3.8) is 0 Å². The van der Waals surface area contributed by atoms with E-state index < -0.39 is 17.9 Å². The fourth-order valence-corrected chi connectivity index (χ4v) is 2.71. The van der Waals surface area contributed by atoms with Gasteiger partial charge in [0, 0.05) is 5.92 Å². The third-order valence-corrected chi connectivity index (χ3v) is 3.38. The minimum atomic E-state index is -1.05. The zero-order chi connectivity index (χ0) is 11.0. The van der Waals surface area contributed by atoms with Crippen molar-refractivity contribution in [2.75, 3.05) is 0 Å². The van der Waals surface area contributed by atoms with Crippen LogP contribution < -0.4 is 0 Å². The number of ether oxygens (including phenoxy) is 1. The molecule has 5 nitrogen and oxygen atoms in total.